The molecule has 0 unspecified atom stereocenters. The number of carbonyl (C=O) groups excluding carboxylic acids is 1. The molecule has 0 aliphatic carbocycles. The minimum absolute atomic E-state index is 0.00446. The maximum absolute atomic E-state index is 12.8. The van der Waals surface area contributed by atoms with Crippen molar-refractivity contribution in [1.82, 2.24) is 20.6 Å². The zero-order chi connectivity index (χ0) is 21.7. The third-order valence-corrected chi connectivity index (χ3v) is 6.93. The second-order valence-electron chi connectivity index (χ2n) is 11.4. The summed E-state index contributed by atoms with van der Waals surface area (Å²) in [5.74, 6) is -0.141. The molecule has 6 heteroatoms. The second-order valence-corrected chi connectivity index (χ2v) is 11.4. The summed E-state index contributed by atoms with van der Waals surface area (Å²) in [6.07, 6.45) is 3.31. The summed E-state index contributed by atoms with van der Waals surface area (Å²) in [5, 5.41) is 18.4. The quantitative estimate of drug-likeness (QED) is 0.639. The lowest BCUT2D eigenvalue weighted by molar-refractivity contribution is -0.246. The van der Waals surface area contributed by atoms with Crippen LogP contribution in [0.5, 0.6) is 0 Å². The molecule has 1 amide bonds. The molecule has 2 aliphatic rings. The topological polar surface area (TPSA) is 67.8 Å². The highest BCUT2D eigenvalue weighted by atomic mass is 16.5. The van der Waals surface area contributed by atoms with E-state index in [4.69, 9.17) is 0 Å². The van der Waals surface area contributed by atoms with Crippen LogP contribution in [-0.2, 0) is 4.79 Å². The van der Waals surface area contributed by atoms with E-state index in [-0.39, 0.29) is 29.1 Å². The van der Waals surface area contributed by atoms with Gasteiger partial charge in [-0.3, -0.25) is 9.69 Å². The summed E-state index contributed by atoms with van der Waals surface area (Å²) in [4.78, 5) is 15.2. The summed E-state index contributed by atoms with van der Waals surface area (Å²) in [6, 6.07) is 0.219. The zero-order valence-electron chi connectivity index (χ0n) is 19.4. The molecule has 0 spiro atoms. The van der Waals surface area contributed by atoms with Crippen molar-refractivity contribution in [3.63, 3.8) is 0 Å². The Morgan fingerprint density at radius 1 is 0.821 bits per heavy atom. The largest absolute Gasteiger partial charge is 0.378 e. The van der Waals surface area contributed by atoms with Crippen LogP contribution < -0.4 is 10.6 Å². The number of hydrogen-bond acceptors (Lipinski definition) is 5. The number of rotatable bonds is 4. The highest BCUT2D eigenvalue weighted by Gasteiger charge is 2.46. The van der Waals surface area contributed by atoms with E-state index in [1.54, 1.807) is 0 Å². The van der Waals surface area contributed by atoms with Crippen molar-refractivity contribution >= 4 is 5.91 Å². The Morgan fingerprint density at radius 2 is 1.18 bits per heavy atom. The molecular formula is C22H42N4O2. The average Bonchev–Trinajstić information content (AvgIpc) is 2.49. The van der Waals surface area contributed by atoms with Crippen LogP contribution in [0.25, 0.3) is 0 Å². The lowest BCUT2D eigenvalue weighted by atomic mass is 9.77. The standard InChI is InChI=1S/C22H42N4O2/c1-15(23-16-11-19(2,3)25(10)20(4,5)12-16)18(27)24-17-13-21(6,7)26(28)22(8,9)14-17/h16-17,23,28H,1,11-14H2,2-10H3,(H,24,27). The van der Waals surface area contributed by atoms with Crippen molar-refractivity contribution in [3.05, 3.63) is 12.3 Å². The molecule has 0 aromatic rings. The van der Waals surface area contributed by atoms with Crippen molar-refractivity contribution < 1.29 is 10.0 Å². The molecule has 0 saturated carbocycles. The Labute approximate surface area is 171 Å². The van der Waals surface area contributed by atoms with Crippen LogP contribution in [0.3, 0.4) is 0 Å². The van der Waals surface area contributed by atoms with Crippen LogP contribution in [0.4, 0.5) is 0 Å². The monoisotopic (exact) mass is 394 g/mol. The van der Waals surface area contributed by atoms with Crippen LogP contribution in [-0.4, -0.2) is 62.4 Å². The van der Waals surface area contributed by atoms with Gasteiger partial charge in [0.15, 0.2) is 0 Å². The molecule has 0 atom stereocenters. The van der Waals surface area contributed by atoms with Crippen LogP contribution in [0.15, 0.2) is 12.3 Å². The summed E-state index contributed by atoms with van der Waals surface area (Å²) in [7, 11) is 2.18. The predicted molar refractivity (Wildman–Crippen MR) is 114 cm³/mol. The zero-order valence-corrected chi connectivity index (χ0v) is 19.4. The Bertz CT molecular complexity index is 534. The Kier molecular flexibility index (Phi) is 6.04. The van der Waals surface area contributed by atoms with Gasteiger partial charge in [0.05, 0.1) is 5.70 Å². The molecule has 6 nitrogen and oxygen atoms in total. The second kappa shape index (κ2) is 7.29. The lowest BCUT2D eigenvalue weighted by Gasteiger charge is -2.54. The predicted octanol–water partition coefficient (Wildman–Crippen LogP) is 3.27. The first-order valence-corrected chi connectivity index (χ1v) is 10.5. The fourth-order valence-corrected chi connectivity index (χ4v) is 5.43. The number of carbonyl (C=O) groups is 1. The summed E-state index contributed by atoms with van der Waals surface area (Å²) < 4.78 is 0. The van der Waals surface area contributed by atoms with E-state index in [2.05, 4.69) is 56.9 Å². The molecule has 28 heavy (non-hydrogen) atoms. The number of nitrogens with zero attached hydrogens (tertiary/aromatic N) is 2. The van der Waals surface area contributed by atoms with Crippen molar-refractivity contribution in [3.8, 4) is 0 Å². The number of nitrogens with one attached hydrogen (secondary N) is 2. The molecular weight excluding hydrogens is 352 g/mol. The highest BCUT2D eigenvalue weighted by Crippen LogP contribution is 2.38. The van der Waals surface area contributed by atoms with Crippen LogP contribution in [0.2, 0.25) is 0 Å². The van der Waals surface area contributed by atoms with Gasteiger partial charge in [-0.05, 0) is 88.1 Å². The fourth-order valence-electron chi connectivity index (χ4n) is 5.43. The molecule has 2 rings (SSSR count). The Morgan fingerprint density at radius 3 is 1.61 bits per heavy atom. The normalized spacial score (nSPS) is 27.9. The van der Waals surface area contributed by atoms with Gasteiger partial charge in [-0.25, -0.2) is 0 Å². The lowest BCUT2D eigenvalue weighted by Crippen LogP contribution is -2.63. The van der Waals surface area contributed by atoms with E-state index in [0.29, 0.717) is 18.5 Å². The number of hydrogen-bond donors (Lipinski definition) is 3. The van der Waals surface area contributed by atoms with Gasteiger partial charge in [-0.15, -0.1) is 0 Å². The molecule has 162 valence electrons. The number of hydroxylamine groups is 2. The molecule has 2 aliphatic heterocycles. The molecule has 0 radical (unpaired) electrons. The van der Waals surface area contributed by atoms with Crippen LogP contribution in [0, 0.1) is 0 Å². The molecule has 0 aromatic heterocycles. The van der Waals surface area contributed by atoms with Crippen LogP contribution >= 0.6 is 0 Å². The summed E-state index contributed by atoms with van der Waals surface area (Å²) in [5.41, 5.74) is -0.244. The first kappa shape index (κ1) is 23.2. The van der Waals surface area contributed by atoms with Crippen molar-refractivity contribution in [2.75, 3.05) is 7.05 Å². The van der Waals surface area contributed by atoms with Gasteiger partial charge in [-0.2, -0.15) is 5.06 Å². The van der Waals surface area contributed by atoms with E-state index in [9.17, 15) is 10.0 Å². The summed E-state index contributed by atoms with van der Waals surface area (Å²) >= 11 is 0. The molecule has 2 heterocycles. The third kappa shape index (κ3) is 4.71. The molecule has 2 fully saturated rings. The summed E-state index contributed by atoms with van der Waals surface area (Å²) in [6.45, 7) is 21.0. The third-order valence-electron chi connectivity index (χ3n) is 6.93. The van der Waals surface area contributed by atoms with Crippen LogP contribution in [0.1, 0.15) is 81.1 Å². The van der Waals surface area contributed by atoms with Crippen molar-refractivity contribution in [1.29, 1.82) is 0 Å². The maximum Gasteiger partial charge on any atom is 0.266 e. The first-order valence-electron chi connectivity index (χ1n) is 10.5. The minimum Gasteiger partial charge on any atom is -0.378 e. The van der Waals surface area contributed by atoms with Crippen molar-refractivity contribution in [2.45, 2.75) is 115 Å². The van der Waals surface area contributed by atoms with Gasteiger partial charge >= 0.3 is 0 Å². The highest BCUT2D eigenvalue weighted by molar-refractivity contribution is 5.92. The van der Waals surface area contributed by atoms with E-state index in [1.807, 2.05) is 27.7 Å². The number of piperidine rings is 2. The van der Waals surface area contributed by atoms with E-state index in [1.165, 1.54) is 5.06 Å². The Balaban J connectivity index is 1.99. The van der Waals surface area contributed by atoms with Gasteiger partial charge in [-0.1, -0.05) is 6.58 Å². The Hall–Kier alpha value is -1.11. The van der Waals surface area contributed by atoms with E-state index >= 15 is 0 Å². The first-order chi connectivity index (χ1) is 12.5. The van der Waals surface area contributed by atoms with E-state index in [0.717, 1.165) is 12.8 Å². The minimum atomic E-state index is -0.392. The van der Waals surface area contributed by atoms with E-state index < -0.39 is 11.1 Å². The van der Waals surface area contributed by atoms with Gasteiger partial charge < -0.3 is 15.8 Å². The van der Waals surface area contributed by atoms with Crippen molar-refractivity contribution in [2.24, 2.45) is 0 Å². The molecule has 2 saturated heterocycles. The van der Waals surface area contributed by atoms with Gasteiger partial charge in [0.1, 0.15) is 0 Å². The van der Waals surface area contributed by atoms with Gasteiger partial charge in [0.25, 0.3) is 5.91 Å². The molecule has 0 aromatic carbocycles. The SMILES string of the molecule is C=C(NC1CC(C)(C)N(C)C(C)(C)C1)C(=O)NC1CC(C)(C)N(O)C(C)(C)C1. The number of likely N-dealkylation sites (tertiary alicyclic amines) is 1. The smallest absolute Gasteiger partial charge is 0.266 e. The maximum atomic E-state index is 12.8. The molecule has 0 bridgehead atoms. The average molecular weight is 395 g/mol. The fraction of sp³-hybridized carbons (Fsp3) is 0.864. The molecule has 3 N–H and O–H groups in total. The van der Waals surface area contributed by atoms with Gasteiger partial charge in [0.2, 0.25) is 0 Å². The van der Waals surface area contributed by atoms with Gasteiger partial charge in [0, 0.05) is 34.2 Å². The number of amides is 1.